The van der Waals surface area contributed by atoms with E-state index in [0.717, 1.165) is 0 Å². The standard InChI is InChI=1S/C8H11NO5/c1-8(2)13-3-4(6(9)10)12-7(11)5(3)14-8/h3-5H,1-2H3,(H2,9,10). The lowest BCUT2D eigenvalue weighted by Gasteiger charge is -2.19. The highest BCUT2D eigenvalue weighted by Crippen LogP contribution is 2.35. The van der Waals surface area contributed by atoms with Gasteiger partial charge in [0.15, 0.2) is 11.9 Å². The summed E-state index contributed by atoms with van der Waals surface area (Å²) in [6, 6.07) is 0. The summed E-state index contributed by atoms with van der Waals surface area (Å²) in [5.74, 6) is -2.18. The van der Waals surface area contributed by atoms with E-state index in [1.54, 1.807) is 13.8 Å². The Balaban J connectivity index is 2.23. The molecule has 78 valence electrons. The summed E-state index contributed by atoms with van der Waals surface area (Å²) in [5, 5.41) is 0. The van der Waals surface area contributed by atoms with Crippen molar-refractivity contribution < 1.29 is 23.8 Å². The molecule has 0 aromatic rings. The zero-order valence-electron chi connectivity index (χ0n) is 7.85. The number of primary amides is 1. The van der Waals surface area contributed by atoms with Crippen LogP contribution in [0.15, 0.2) is 0 Å². The topological polar surface area (TPSA) is 87.9 Å². The number of rotatable bonds is 1. The molecule has 1 amide bonds. The van der Waals surface area contributed by atoms with Crippen LogP contribution in [0.25, 0.3) is 0 Å². The van der Waals surface area contributed by atoms with E-state index < -0.39 is 36.0 Å². The van der Waals surface area contributed by atoms with E-state index in [1.807, 2.05) is 0 Å². The Hall–Kier alpha value is -1.14. The van der Waals surface area contributed by atoms with Gasteiger partial charge in [-0.3, -0.25) is 4.79 Å². The molecule has 2 fully saturated rings. The fourth-order valence-electron chi connectivity index (χ4n) is 1.67. The van der Waals surface area contributed by atoms with Gasteiger partial charge < -0.3 is 19.9 Å². The van der Waals surface area contributed by atoms with E-state index in [0.29, 0.717) is 0 Å². The molecule has 14 heavy (non-hydrogen) atoms. The molecule has 0 aromatic carbocycles. The second kappa shape index (κ2) is 2.68. The molecule has 0 aliphatic carbocycles. The molecule has 2 aliphatic heterocycles. The van der Waals surface area contributed by atoms with E-state index >= 15 is 0 Å². The Labute approximate surface area is 80.3 Å². The molecule has 2 saturated heterocycles. The first-order valence-electron chi connectivity index (χ1n) is 4.26. The Morgan fingerprint density at radius 1 is 1.43 bits per heavy atom. The Bertz CT molecular complexity index is 300. The number of esters is 1. The molecular formula is C8H11NO5. The Morgan fingerprint density at radius 3 is 2.64 bits per heavy atom. The third-order valence-corrected chi connectivity index (χ3v) is 2.18. The minimum Gasteiger partial charge on any atom is -0.447 e. The number of hydrogen-bond acceptors (Lipinski definition) is 5. The molecule has 2 N–H and O–H groups in total. The predicted molar refractivity (Wildman–Crippen MR) is 42.9 cm³/mol. The second-order valence-corrected chi connectivity index (χ2v) is 3.78. The number of carbonyl (C=O) groups is 2. The smallest absolute Gasteiger partial charge is 0.339 e. The van der Waals surface area contributed by atoms with E-state index in [-0.39, 0.29) is 0 Å². The molecule has 2 heterocycles. The highest BCUT2D eigenvalue weighted by molar-refractivity contribution is 5.89. The van der Waals surface area contributed by atoms with Crippen LogP contribution in [-0.4, -0.2) is 36.0 Å². The minimum absolute atomic E-state index is 0.593. The maximum atomic E-state index is 11.2. The van der Waals surface area contributed by atoms with Crippen LogP contribution in [0.4, 0.5) is 0 Å². The average Bonchev–Trinajstić information content (AvgIpc) is 2.47. The summed E-state index contributed by atoms with van der Waals surface area (Å²) >= 11 is 0. The van der Waals surface area contributed by atoms with Crippen molar-refractivity contribution in [3.8, 4) is 0 Å². The molecule has 2 rings (SSSR count). The van der Waals surface area contributed by atoms with Crippen molar-refractivity contribution in [3.63, 3.8) is 0 Å². The van der Waals surface area contributed by atoms with Crippen molar-refractivity contribution in [2.75, 3.05) is 0 Å². The molecule has 0 saturated carbocycles. The Kier molecular flexibility index (Phi) is 1.80. The van der Waals surface area contributed by atoms with Crippen LogP contribution in [0.5, 0.6) is 0 Å². The van der Waals surface area contributed by atoms with Gasteiger partial charge in [-0.2, -0.15) is 0 Å². The van der Waals surface area contributed by atoms with Crippen molar-refractivity contribution in [2.45, 2.75) is 37.9 Å². The zero-order chi connectivity index (χ0) is 10.5. The van der Waals surface area contributed by atoms with Crippen LogP contribution in [0, 0.1) is 0 Å². The summed E-state index contributed by atoms with van der Waals surface area (Å²) in [4.78, 5) is 22.1. The van der Waals surface area contributed by atoms with Crippen LogP contribution >= 0.6 is 0 Å². The van der Waals surface area contributed by atoms with Gasteiger partial charge in [-0.05, 0) is 13.8 Å². The third-order valence-electron chi connectivity index (χ3n) is 2.18. The summed E-state index contributed by atoms with van der Waals surface area (Å²) < 4.78 is 15.3. The molecule has 3 unspecified atom stereocenters. The lowest BCUT2D eigenvalue weighted by Crippen LogP contribution is -2.39. The first-order valence-corrected chi connectivity index (χ1v) is 4.26. The average molecular weight is 201 g/mol. The van der Waals surface area contributed by atoms with E-state index in [9.17, 15) is 9.59 Å². The monoisotopic (exact) mass is 201 g/mol. The number of carbonyl (C=O) groups excluding carboxylic acids is 2. The van der Waals surface area contributed by atoms with Gasteiger partial charge in [0.1, 0.15) is 6.10 Å². The van der Waals surface area contributed by atoms with Crippen LogP contribution in [0.3, 0.4) is 0 Å². The van der Waals surface area contributed by atoms with Crippen molar-refractivity contribution in [2.24, 2.45) is 5.73 Å². The number of nitrogens with two attached hydrogens (primary N) is 1. The quantitative estimate of drug-likeness (QED) is 0.545. The van der Waals surface area contributed by atoms with Crippen molar-refractivity contribution in [1.82, 2.24) is 0 Å². The first-order chi connectivity index (χ1) is 6.41. The lowest BCUT2D eigenvalue weighted by atomic mass is 10.1. The molecule has 0 aromatic heterocycles. The van der Waals surface area contributed by atoms with Crippen LogP contribution in [0.1, 0.15) is 13.8 Å². The normalized spacial score (nSPS) is 39.3. The zero-order valence-corrected chi connectivity index (χ0v) is 7.85. The molecule has 0 radical (unpaired) electrons. The highest BCUT2D eigenvalue weighted by atomic mass is 16.8. The summed E-state index contributed by atoms with van der Waals surface area (Å²) in [6.07, 6.45) is -2.58. The van der Waals surface area contributed by atoms with E-state index in [1.165, 1.54) is 0 Å². The fourth-order valence-corrected chi connectivity index (χ4v) is 1.67. The van der Waals surface area contributed by atoms with Crippen LogP contribution in [0.2, 0.25) is 0 Å². The van der Waals surface area contributed by atoms with Gasteiger partial charge in [0.05, 0.1) is 0 Å². The third kappa shape index (κ3) is 1.27. The molecule has 2 aliphatic rings. The van der Waals surface area contributed by atoms with Crippen molar-refractivity contribution in [3.05, 3.63) is 0 Å². The van der Waals surface area contributed by atoms with Gasteiger partial charge in [-0.1, -0.05) is 0 Å². The van der Waals surface area contributed by atoms with Crippen LogP contribution < -0.4 is 5.73 Å². The number of cyclic esters (lactones) is 1. The maximum Gasteiger partial charge on any atom is 0.339 e. The number of fused-ring (bicyclic) bond motifs is 1. The van der Waals surface area contributed by atoms with E-state index in [2.05, 4.69) is 0 Å². The molecule has 0 bridgehead atoms. The highest BCUT2D eigenvalue weighted by Gasteiger charge is 2.57. The summed E-state index contributed by atoms with van der Waals surface area (Å²) in [7, 11) is 0. The number of ether oxygens (including phenoxy) is 3. The summed E-state index contributed by atoms with van der Waals surface area (Å²) in [6.45, 7) is 3.33. The molecule has 6 heteroatoms. The van der Waals surface area contributed by atoms with Gasteiger partial charge in [-0.15, -0.1) is 0 Å². The second-order valence-electron chi connectivity index (χ2n) is 3.78. The van der Waals surface area contributed by atoms with Gasteiger partial charge in [0.25, 0.3) is 5.91 Å². The maximum absolute atomic E-state index is 11.2. The molecule has 0 spiro atoms. The van der Waals surface area contributed by atoms with Gasteiger partial charge >= 0.3 is 5.97 Å². The van der Waals surface area contributed by atoms with E-state index in [4.69, 9.17) is 19.9 Å². The molecule has 6 nitrogen and oxygen atoms in total. The minimum atomic E-state index is -1.03. The largest absolute Gasteiger partial charge is 0.447 e. The molecular weight excluding hydrogens is 190 g/mol. The van der Waals surface area contributed by atoms with Crippen molar-refractivity contribution in [1.29, 1.82) is 0 Å². The van der Waals surface area contributed by atoms with Gasteiger partial charge in [0, 0.05) is 0 Å². The summed E-state index contributed by atoms with van der Waals surface area (Å²) in [5.41, 5.74) is 5.05. The first kappa shape index (κ1) is 9.42. The molecule has 3 atom stereocenters. The number of hydrogen-bond donors (Lipinski definition) is 1. The Morgan fingerprint density at radius 2 is 2.07 bits per heavy atom. The van der Waals surface area contributed by atoms with Crippen molar-refractivity contribution >= 4 is 11.9 Å². The predicted octanol–water partition coefficient (Wildman–Crippen LogP) is -1.08. The number of amides is 1. The lowest BCUT2D eigenvalue weighted by molar-refractivity contribution is -0.187. The SMILES string of the molecule is CC1(C)OC2C(=O)OC(C(N)=O)C2O1. The van der Waals surface area contributed by atoms with Crippen LogP contribution in [-0.2, 0) is 23.8 Å². The van der Waals surface area contributed by atoms with Gasteiger partial charge in [-0.25, -0.2) is 4.79 Å². The fraction of sp³-hybridized carbons (Fsp3) is 0.750. The van der Waals surface area contributed by atoms with Gasteiger partial charge in [0.2, 0.25) is 6.10 Å².